The summed E-state index contributed by atoms with van der Waals surface area (Å²) in [5.74, 6) is -0.585. The zero-order valence-electron chi connectivity index (χ0n) is 9.82. The number of hydrogen-bond acceptors (Lipinski definition) is 4. The summed E-state index contributed by atoms with van der Waals surface area (Å²) in [5, 5.41) is 0. The van der Waals surface area contributed by atoms with Crippen LogP contribution in [0.25, 0.3) is 0 Å². The molecule has 0 radical (unpaired) electrons. The van der Waals surface area contributed by atoms with Crippen molar-refractivity contribution in [3.63, 3.8) is 0 Å². The summed E-state index contributed by atoms with van der Waals surface area (Å²) in [5.41, 5.74) is 6.10. The van der Waals surface area contributed by atoms with E-state index in [2.05, 4.69) is 9.97 Å². The zero-order chi connectivity index (χ0) is 13.2. The van der Waals surface area contributed by atoms with Crippen molar-refractivity contribution in [2.24, 2.45) is 11.7 Å². The van der Waals surface area contributed by atoms with Gasteiger partial charge in [0.25, 0.3) is 0 Å². The predicted molar refractivity (Wildman–Crippen MR) is 60.9 cm³/mol. The normalized spacial score (nSPS) is 18.1. The van der Waals surface area contributed by atoms with Gasteiger partial charge in [-0.3, -0.25) is 4.98 Å². The van der Waals surface area contributed by atoms with Crippen molar-refractivity contribution in [3.05, 3.63) is 18.1 Å². The Morgan fingerprint density at radius 3 is 2.50 bits per heavy atom. The minimum absolute atomic E-state index is 0.109. The molecule has 0 amide bonds. The first-order valence-corrected chi connectivity index (χ1v) is 5.83. The van der Waals surface area contributed by atoms with Gasteiger partial charge in [-0.05, 0) is 12.8 Å². The van der Waals surface area contributed by atoms with E-state index < -0.39 is 12.1 Å². The van der Waals surface area contributed by atoms with E-state index in [0.717, 1.165) is 0 Å². The Bertz CT molecular complexity index is 400. The van der Waals surface area contributed by atoms with E-state index in [1.807, 2.05) is 4.90 Å². The molecule has 0 spiro atoms. The molecular formula is C11H15F3N4. The van der Waals surface area contributed by atoms with Crippen LogP contribution in [0.4, 0.5) is 19.0 Å². The fourth-order valence-corrected chi connectivity index (χ4v) is 2.08. The molecule has 1 aromatic rings. The topological polar surface area (TPSA) is 55.0 Å². The molecule has 0 bridgehead atoms. The summed E-state index contributed by atoms with van der Waals surface area (Å²) in [7, 11) is 0. The van der Waals surface area contributed by atoms with Crippen molar-refractivity contribution in [1.82, 2.24) is 9.97 Å². The van der Waals surface area contributed by atoms with Gasteiger partial charge in [0, 0.05) is 25.8 Å². The molecule has 7 heteroatoms. The molecule has 2 heterocycles. The molecule has 1 saturated heterocycles. The van der Waals surface area contributed by atoms with Crippen LogP contribution in [0.1, 0.15) is 18.5 Å². The Morgan fingerprint density at radius 1 is 1.28 bits per heavy atom. The highest BCUT2D eigenvalue weighted by Gasteiger charge is 2.41. The number of aromatic nitrogens is 2. The van der Waals surface area contributed by atoms with Gasteiger partial charge in [-0.2, -0.15) is 13.2 Å². The third-order valence-electron chi connectivity index (χ3n) is 3.16. The van der Waals surface area contributed by atoms with E-state index in [1.165, 1.54) is 0 Å². The maximum absolute atomic E-state index is 12.5. The summed E-state index contributed by atoms with van der Waals surface area (Å²) in [6.45, 7) is 0.986. The first-order valence-electron chi connectivity index (χ1n) is 5.83. The number of piperidine rings is 1. The lowest BCUT2D eigenvalue weighted by Gasteiger charge is -2.33. The number of anilines is 1. The molecule has 0 aliphatic carbocycles. The predicted octanol–water partition coefficient (Wildman–Crippen LogP) is 1.71. The van der Waals surface area contributed by atoms with Crippen molar-refractivity contribution in [2.45, 2.75) is 25.6 Å². The highest BCUT2D eigenvalue weighted by molar-refractivity contribution is 5.36. The number of alkyl halides is 3. The van der Waals surface area contributed by atoms with Crippen LogP contribution in [-0.4, -0.2) is 29.2 Å². The number of halogens is 3. The molecule has 0 saturated carbocycles. The minimum atomic E-state index is -4.09. The van der Waals surface area contributed by atoms with E-state index in [4.69, 9.17) is 5.73 Å². The highest BCUT2D eigenvalue weighted by Crippen LogP contribution is 2.34. The lowest BCUT2D eigenvalue weighted by atomic mass is 9.96. The van der Waals surface area contributed by atoms with Crippen LogP contribution < -0.4 is 10.6 Å². The Balaban J connectivity index is 2.01. The van der Waals surface area contributed by atoms with Crippen molar-refractivity contribution < 1.29 is 13.2 Å². The molecule has 100 valence electrons. The van der Waals surface area contributed by atoms with Crippen LogP contribution in [0.15, 0.2) is 12.4 Å². The van der Waals surface area contributed by atoms with E-state index >= 15 is 0 Å². The fraction of sp³-hybridized carbons (Fsp3) is 0.636. The first-order chi connectivity index (χ1) is 8.50. The van der Waals surface area contributed by atoms with Crippen molar-refractivity contribution in [2.75, 3.05) is 18.0 Å². The van der Waals surface area contributed by atoms with Gasteiger partial charge in [0.1, 0.15) is 5.82 Å². The summed E-state index contributed by atoms with van der Waals surface area (Å²) < 4.78 is 37.6. The summed E-state index contributed by atoms with van der Waals surface area (Å²) >= 11 is 0. The summed E-state index contributed by atoms with van der Waals surface area (Å²) in [6.07, 6.45) is -0.744. The summed E-state index contributed by atoms with van der Waals surface area (Å²) in [4.78, 5) is 10.1. The molecule has 2 N–H and O–H groups in total. The van der Waals surface area contributed by atoms with Gasteiger partial charge in [0.05, 0.1) is 17.8 Å². The largest absolute Gasteiger partial charge is 0.391 e. The molecule has 0 atom stereocenters. The zero-order valence-corrected chi connectivity index (χ0v) is 9.82. The first kappa shape index (κ1) is 13.1. The maximum Gasteiger partial charge on any atom is 0.391 e. The lowest BCUT2D eigenvalue weighted by molar-refractivity contribution is -0.179. The number of hydrogen-bond donors (Lipinski definition) is 1. The molecule has 4 nitrogen and oxygen atoms in total. The molecule has 1 aliphatic heterocycles. The Kier molecular flexibility index (Phi) is 3.70. The molecule has 1 aromatic heterocycles. The third kappa shape index (κ3) is 2.90. The van der Waals surface area contributed by atoms with E-state index in [0.29, 0.717) is 24.6 Å². The number of nitrogens with two attached hydrogens (primary N) is 1. The van der Waals surface area contributed by atoms with Gasteiger partial charge in [-0.25, -0.2) is 4.98 Å². The smallest absolute Gasteiger partial charge is 0.355 e. The molecule has 18 heavy (non-hydrogen) atoms. The van der Waals surface area contributed by atoms with Gasteiger partial charge in [-0.1, -0.05) is 0 Å². The van der Waals surface area contributed by atoms with E-state index in [-0.39, 0.29) is 19.4 Å². The van der Waals surface area contributed by atoms with E-state index in [9.17, 15) is 13.2 Å². The van der Waals surface area contributed by atoms with Crippen molar-refractivity contribution in [3.8, 4) is 0 Å². The van der Waals surface area contributed by atoms with Crippen molar-refractivity contribution in [1.29, 1.82) is 0 Å². The molecule has 0 unspecified atom stereocenters. The molecule has 1 aliphatic rings. The standard InChI is InChI=1S/C11H15F3N4/c12-11(13,14)8-1-3-18(4-2-8)10-7-16-6-9(5-15)17-10/h6-8H,1-5,15H2. The number of rotatable bonds is 2. The monoisotopic (exact) mass is 260 g/mol. The average Bonchev–Trinajstić information content (AvgIpc) is 2.38. The lowest BCUT2D eigenvalue weighted by Crippen LogP contribution is -2.39. The van der Waals surface area contributed by atoms with E-state index in [1.54, 1.807) is 12.4 Å². The second-order valence-corrected chi connectivity index (χ2v) is 4.38. The quantitative estimate of drug-likeness (QED) is 0.879. The second-order valence-electron chi connectivity index (χ2n) is 4.38. The van der Waals surface area contributed by atoms with Crippen LogP contribution in [-0.2, 0) is 6.54 Å². The van der Waals surface area contributed by atoms with Gasteiger partial charge < -0.3 is 10.6 Å². The maximum atomic E-state index is 12.5. The van der Waals surface area contributed by atoms with Gasteiger partial charge in [0.2, 0.25) is 0 Å². The van der Waals surface area contributed by atoms with Gasteiger partial charge in [-0.15, -0.1) is 0 Å². The third-order valence-corrected chi connectivity index (χ3v) is 3.16. The van der Waals surface area contributed by atoms with Crippen molar-refractivity contribution >= 4 is 5.82 Å². The molecule has 2 rings (SSSR count). The Labute approximate surface area is 103 Å². The van der Waals surface area contributed by atoms with Gasteiger partial charge in [0.15, 0.2) is 0 Å². The van der Waals surface area contributed by atoms with Crippen LogP contribution in [0.2, 0.25) is 0 Å². The fourth-order valence-electron chi connectivity index (χ4n) is 2.08. The molecular weight excluding hydrogens is 245 g/mol. The average molecular weight is 260 g/mol. The Hall–Kier alpha value is -1.37. The summed E-state index contributed by atoms with van der Waals surface area (Å²) in [6, 6.07) is 0. The Morgan fingerprint density at radius 2 is 1.94 bits per heavy atom. The number of nitrogens with zero attached hydrogens (tertiary/aromatic N) is 3. The second kappa shape index (κ2) is 5.09. The van der Waals surface area contributed by atoms with Crippen LogP contribution >= 0.6 is 0 Å². The molecule has 1 fully saturated rings. The van der Waals surface area contributed by atoms with Gasteiger partial charge >= 0.3 is 6.18 Å². The highest BCUT2D eigenvalue weighted by atomic mass is 19.4. The van der Waals surface area contributed by atoms with Crippen LogP contribution in [0, 0.1) is 5.92 Å². The van der Waals surface area contributed by atoms with Crippen LogP contribution in [0.5, 0.6) is 0 Å². The molecule has 0 aromatic carbocycles. The van der Waals surface area contributed by atoms with Crippen LogP contribution in [0.3, 0.4) is 0 Å². The SMILES string of the molecule is NCc1cncc(N2CCC(C(F)(F)F)CC2)n1. The minimum Gasteiger partial charge on any atom is -0.355 e.